The first kappa shape index (κ1) is 14.9. The summed E-state index contributed by atoms with van der Waals surface area (Å²) in [5.41, 5.74) is 8.54. The SMILES string of the molecule is COc1ccc(C(=O)Nc2cc(CN)ccc2C)cc1O. The number of hydrogen-bond donors (Lipinski definition) is 3. The largest absolute Gasteiger partial charge is 0.504 e. The molecular formula is C16H18N2O3. The molecule has 1 amide bonds. The Morgan fingerprint density at radius 1 is 1.29 bits per heavy atom. The number of nitrogens with one attached hydrogen (secondary N) is 1. The Kier molecular flexibility index (Phi) is 4.45. The molecule has 0 heterocycles. The van der Waals surface area contributed by atoms with Gasteiger partial charge in [0.05, 0.1) is 7.11 Å². The van der Waals surface area contributed by atoms with Crippen molar-refractivity contribution in [1.82, 2.24) is 0 Å². The van der Waals surface area contributed by atoms with Gasteiger partial charge in [-0.15, -0.1) is 0 Å². The molecule has 0 atom stereocenters. The number of aryl methyl sites for hydroxylation is 1. The third-order valence-corrected chi connectivity index (χ3v) is 3.23. The Morgan fingerprint density at radius 2 is 2.05 bits per heavy atom. The Bertz CT molecular complexity index is 669. The van der Waals surface area contributed by atoms with Crippen LogP contribution < -0.4 is 15.8 Å². The molecule has 0 aromatic heterocycles. The predicted octanol–water partition coefficient (Wildman–Crippen LogP) is 2.42. The molecule has 4 N–H and O–H groups in total. The van der Waals surface area contributed by atoms with Crippen LogP contribution in [-0.4, -0.2) is 18.1 Å². The van der Waals surface area contributed by atoms with Crippen LogP contribution in [-0.2, 0) is 6.54 Å². The number of anilines is 1. The van der Waals surface area contributed by atoms with Crippen molar-refractivity contribution < 1.29 is 14.6 Å². The van der Waals surface area contributed by atoms with Crippen molar-refractivity contribution in [1.29, 1.82) is 0 Å². The number of hydrogen-bond acceptors (Lipinski definition) is 4. The van der Waals surface area contributed by atoms with E-state index >= 15 is 0 Å². The number of benzene rings is 2. The minimum atomic E-state index is -0.301. The Balaban J connectivity index is 2.23. The first-order valence-electron chi connectivity index (χ1n) is 6.53. The van der Waals surface area contributed by atoms with Crippen molar-refractivity contribution in [3.05, 3.63) is 53.1 Å². The molecule has 21 heavy (non-hydrogen) atoms. The third-order valence-electron chi connectivity index (χ3n) is 3.23. The lowest BCUT2D eigenvalue weighted by atomic mass is 10.1. The summed E-state index contributed by atoms with van der Waals surface area (Å²) in [4.78, 5) is 12.2. The van der Waals surface area contributed by atoms with Gasteiger partial charge in [-0.25, -0.2) is 0 Å². The minimum absolute atomic E-state index is 0.0717. The van der Waals surface area contributed by atoms with Crippen LogP contribution in [0.5, 0.6) is 11.5 Å². The second kappa shape index (κ2) is 6.28. The zero-order valence-electron chi connectivity index (χ0n) is 12.0. The average Bonchev–Trinajstić information content (AvgIpc) is 2.49. The van der Waals surface area contributed by atoms with E-state index in [1.807, 2.05) is 25.1 Å². The van der Waals surface area contributed by atoms with Crippen LogP contribution in [0.1, 0.15) is 21.5 Å². The number of phenols is 1. The van der Waals surface area contributed by atoms with E-state index in [1.54, 1.807) is 12.1 Å². The van der Waals surface area contributed by atoms with E-state index in [0.29, 0.717) is 23.5 Å². The van der Waals surface area contributed by atoms with E-state index in [0.717, 1.165) is 11.1 Å². The molecule has 0 fully saturated rings. The zero-order chi connectivity index (χ0) is 15.4. The summed E-state index contributed by atoms with van der Waals surface area (Å²) in [5, 5.41) is 12.5. The summed E-state index contributed by atoms with van der Waals surface area (Å²) < 4.78 is 4.95. The van der Waals surface area contributed by atoms with E-state index in [2.05, 4.69) is 5.32 Å². The van der Waals surface area contributed by atoms with E-state index in [9.17, 15) is 9.90 Å². The highest BCUT2D eigenvalue weighted by Crippen LogP contribution is 2.27. The zero-order valence-corrected chi connectivity index (χ0v) is 12.0. The minimum Gasteiger partial charge on any atom is -0.504 e. The monoisotopic (exact) mass is 286 g/mol. The number of nitrogens with two attached hydrogens (primary N) is 1. The third kappa shape index (κ3) is 3.32. The molecule has 0 aliphatic heterocycles. The van der Waals surface area contributed by atoms with Crippen molar-refractivity contribution in [2.75, 3.05) is 12.4 Å². The van der Waals surface area contributed by atoms with Gasteiger partial charge in [0.15, 0.2) is 11.5 Å². The van der Waals surface area contributed by atoms with Crippen LogP contribution in [0.25, 0.3) is 0 Å². The van der Waals surface area contributed by atoms with Gasteiger partial charge in [0.25, 0.3) is 5.91 Å². The molecule has 0 saturated carbocycles. The molecule has 2 aromatic carbocycles. The highest BCUT2D eigenvalue weighted by molar-refractivity contribution is 6.05. The van der Waals surface area contributed by atoms with Gasteiger partial charge < -0.3 is 20.9 Å². The van der Waals surface area contributed by atoms with Gasteiger partial charge in [-0.1, -0.05) is 12.1 Å². The van der Waals surface area contributed by atoms with Crippen molar-refractivity contribution in [3.8, 4) is 11.5 Å². The topological polar surface area (TPSA) is 84.6 Å². The van der Waals surface area contributed by atoms with E-state index in [1.165, 1.54) is 13.2 Å². The maximum Gasteiger partial charge on any atom is 0.255 e. The van der Waals surface area contributed by atoms with Gasteiger partial charge in [0.2, 0.25) is 0 Å². The number of carbonyl (C=O) groups excluding carboxylic acids is 1. The number of methoxy groups -OCH3 is 1. The Morgan fingerprint density at radius 3 is 2.67 bits per heavy atom. The van der Waals surface area contributed by atoms with Gasteiger partial charge in [0.1, 0.15) is 0 Å². The molecule has 5 heteroatoms. The predicted molar refractivity (Wildman–Crippen MR) is 81.7 cm³/mol. The molecule has 0 aliphatic rings. The summed E-state index contributed by atoms with van der Waals surface area (Å²) in [6, 6.07) is 10.2. The van der Waals surface area contributed by atoms with Gasteiger partial charge in [-0.3, -0.25) is 4.79 Å². The Hall–Kier alpha value is -2.53. The molecule has 0 spiro atoms. The summed E-state index contributed by atoms with van der Waals surface area (Å²) in [6.07, 6.45) is 0. The molecular weight excluding hydrogens is 268 g/mol. The molecule has 2 aromatic rings. The maximum absolute atomic E-state index is 12.2. The highest BCUT2D eigenvalue weighted by atomic mass is 16.5. The second-order valence-corrected chi connectivity index (χ2v) is 4.69. The van der Waals surface area contributed by atoms with Gasteiger partial charge in [0, 0.05) is 17.8 Å². The average molecular weight is 286 g/mol. The molecule has 110 valence electrons. The van der Waals surface area contributed by atoms with Crippen LogP contribution >= 0.6 is 0 Å². The first-order valence-corrected chi connectivity index (χ1v) is 6.53. The fraction of sp³-hybridized carbons (Fsp3) is 0.188. The molecule has 0 radical (unpaired) electrons. The summed E-state index contributed by atoms with van der Waals surface area (Å²) in [7, 11) is 1.45. The van der Waals surface area contributed by atoms with E-state index < -0.39 is 0 Å². The van der Waals surface area contributed by atoms with E-state index in [-0.39, 0.29) is 11.7 Å². The van der Waals surface area contributed by atoms with Gasteiger partial charge >= 0.3 is 0 Å². The van der Waals surface area contributed by atoms with Crippen LogP contribution in [0.4, 0.5) is 5.69 Å². The van der Waals surface area contributed by atoms with Crippen molar-refractivity contribution >= 4 is 11.6 Å². The fourth-order valence-electron chi connectivity index (χ4n) is 1.96. The fourth-order valence-corrected chi connectivity index (χ4v) is 1.96. The van der Waals surface area contributed by atoms with Crippen molar-refractivity contribution in [2.45, 2.75) is 13.5 Å². The molecule has 5 nitrogen and oxygen atoms in total. The number of ether oxygens (including phenoxy) is 1. The number of amides is 1. The molecule has 0 unspecified atom stereocenters. The van der Waals surface area contributed by atoms with Crippen molar-refractivity contribution in [2.24, 2.45) is 5.73 Å². The van der Waals surface area contributed by atoms with Crippen LogP contribution in [0.2, 0.25) is 0 Å². The molecule has 0 saturated heterocycles. The summed E-state index contributed by atoms with van der Waals surface area (Å²) in [5.74, 6) is -0.0457. The van der Waals surface area contributed by atoms with E-state index in [4.69, 9.17) is 10.5 Å². The summed E-state index contributed by atoms with van der Waals surface area (Å²) >= 11 is 0. The lowest BCUT2D eigenvalue weighted by molar-refractivity contribution is 0.102. The smallest absolute Gasteiger partial charge is 0.255 e. The quantitative estimate of drug-likeness (QED) is 0.806. The van der Waals surface area contributed by atoms with Crippen LogP contribution in [0, 0.1) is 6.92 Å². The van der Waals surface area contributed by atoms with Crippen LogP contribution in [0.3, 0.4) is 0 Å². The maximum atomic E-state index is 12.2. The van der Waals surface area contributed by atoms with Crippen LogP contribution in [0.15, 0.2) is 36.4 Å². The van der Waals surface area contributed by atoms with Crippen molar-refractivity contribution in [3.63, 3.8) is 0 Å². The number of rotatable bonds is 4. The normalized spacial score (nSPS) is 10.2. The van der Waals surface area contributed by atoms with Gasteiger partial charge in [-0.05, 0) is 42.3 Å². The number of aromatic hydroxyl groups is 1. The molecule has 2 rings (SSSR count). The molecule has 0 bridgehead atoms. The standard InChI is InChI=1S/C16H18N2O3/c1-10-3-4-11(9-17)7-13(10)18-16(20)12-5-6-15(21-2)14(19)8-12/h3-8,19H,9,17H2,1-2H3,(H,18,20). The second-order valence-electron chi connectivity index (χ2n) is 4.69. The lowest BCUT2D eigenvalue weighted by Crippen LogP contribution is -2.13. The Labute approximate surface area is 123 Å². The highest BCUT2D eigenvalue weighted by Gasteiger charge is 2.11. The summed E-state index contributed by atoms with van der Waals surface area (Å²) in [6.45, 7) is 2.31. The lowest BCUT2D eigenvalue weighted by Gasteiger charge is -2.11. The first-order chi connectivity index (χ1) is 10.0. The number of phenolic OH excluding ortho intramolecular Hbond substituents is 1. The molecule has 0 aliphatic carbocycles. The number of carbonyl (C=O) groups is 1. The van der Waals surface area contributed by atoms with Gasteiger partial charge in [-0.2, -0.15) is 0 Å².